The van der Waals surface area contributed by atoms with E-state index in [0.717, 1.165) is 0 Å². The van der Waals surface area contributed by atoms with Crippen LogP contribution in [0.25, 0.3) is 4.96 Å². The number of halogens is 3. The first kappa shape index (κ1) is 22.4. The summed E-state index contributed by atoms with van der Waals surface area (Å²) in [4.78, 5) is 33.8. The van der Waals surface area contributed by atoms with Crippen LogP contribution in [0.4, 0.5) is 13.2 Å². The Labute approximate surface area is 185 Å². The molecule has 0 N–H and O–H groups in total. The predicted octanol–water partition coefficient (Wildman–Crippen LogP) is 2.72. The van der Waals surface area contributed by atoms with Crippen LogP contribution >= 0.6 is 11.3 Å². The molecule has 7 nitrogen and oxygen atoms in total. The molecule has 0 spiro atoms. The van der Waals surface area contributed by atoms with Gasteiger partial charge in [-0.1, -0.05) is 30.3 Å². The van der Waals surface area contributed by atoms with E-state index < -0.39 is 24.8 Å². The van der Waals surface area contributed by atoms with E-state index in [9.17, 15) is 22.8 Å². The molecule has 1 aromatic carbocycles. The van der Waals surface area contributed by atoms with Crippen LogP contribution in [0.15, 0.2) is 52.8 Å². The molecule has 1 saturated heterocycles. The second-order valence-corrected chi connectivity index (χ2v) is 8.33. The Morgan fingerprint density at radius 2 is 1.88 bits per heavy atom. The van der Waals surface area contributed by atoms with Gasteiger partial charge in [-0.25, -0.2) is 4.98 Å². The maximum absolute atomic E-state index is 13.0. The van der Waals surface area contributed by atoms with E-state index in [-0.39, 0.29) is 5.56 Å². The van der Waals surface area contributed by atoms with Gasteiger partial charge in [0.1, 0.15) is 6.61 Å². The van der Waals surface area contributed by atoms with Crippen LogP contribution < -0.4 is 5.56 Å². The average molecular weight is 466 g/mol. The number of nitrogens with zero attached hydrogens (tertiary/aromatic N) is 4. The first-order chi connectivity index (χ1) is 15.3. The van der Waals surface area contributed by atoms with E-state index >= 15 is 0 Å². The number of carbonyl (C=O) groups is 1. The molecule has 1 aliphatic rings. The number of rotatable bonds is 6. The van der Waals surface area contributed by atoms with E-state index in [1.165, 1.54) is 26.7 Å². The van der Waals surface area contributed by atoms with E-state index in [2.05, 4.69) is 9.88 Å². The normalized spacial score (nSPS) is 16.4. The molecule has 0 unspecified atom stereocenters. The van der Waals surface area contributed by atoms with Gasteiger partial charge < -0.3 is 9.64 Å². The van der Waals surface area contributed by atoms with Crippen molar-refractivity contribution in [2.24, 2.45) is 0 Å². The number of amides is 1. The number of alkyl halides is 3. The largest absolute Gasteiger partial charge is 0.411 e. The van der Waals surface area contributed by atoms with Gasteiger partial charge in [0, 0.05) is 50.4 Å². The molecule has 2 aromatic heterocycles. The van der Waals surface area contributed by atoms with E-state index in [1.54, 1.807) is 41.9 Å². The lowest BCUT2D eigenvalue weighted by Crippen LogP contribution is -2.50. The molecule has 32 heavy (non-hydrogen) atoms. The lowest BCUT2D eigenvalue weighted by molar-refractivity contribution is -0.191. The molecular weight excluding hydrogens is 445 g/mol. The maximum Gasteiger partial charge on any atom is 0.411 e. The summed E-state index contributed by atoms with van der Waals surface area (Å²) in [6, 6.07) is 9.70. The third-order valence-electron chi connectivity index (χ3n) is 5.17. The van der Waals surface area contributed by atoms with Crippen LogP contribution in [0.2, 0.25) is 0 Å². The van der Waals surface area contributed by atoms with Gasteiger partial charge in [0.15, 0.2) is 11.1 Å². The summed E-state index contributed by atoms with van der Waals surface area (Å²) < 4.78 is 44.6. The molecule has 0 saturated carbocycles. The topological polar surface area (TPSA) is 67.2 Å². The maximum atomic E-state index is 13.0. The van der Waals surface area contributed by atoms with Crippen LogP contribution in [0.5, 0.6) is 0 Å². The molecule has 4 rings (SSSR count). The van der Waals surface area contributed by atoms with Gasteiger partial charge in [-0.3, -0.25) is 18.9 Å². The Hall–Kier alpha value is -2.76. The zero-order valence-electron chi connectivity index (χ0n) is 17.0. The van der Waals surface area contributed by atoms with Crippen molar-refractivity contribution in [3.63, 3.8) is 0 Å². The summed E-state index contributed by atoms with van der Waals surface area (Å²) in [5, 5.41) is 1.79. The Balaban J connectivity index is 1.40. The average Bonchev–Trinajstić information content (AvgIpc) is 3.23. The van der Waals surface area contributed by atoms with Crippen molar-refractivity contribution in [1.82, 2.24) is 19.2 Å². The van der Waals surface area contributed by atoms with Crippen molar-refractivity contribution in [2.45, 2.75) is 18.8 Å². The number of fused-ring (bicyclic) bond motifs is 1. The molecule has 0 radical (unpaired) electrons. The second kappa shape index (κ2) is 9.39. The SMILES string of the molecule is O=C([C@H](OCC(F)(F)F)c1ccccc1)N1CCN(Cc2cc(=O)n3ccsc3n2)CC1. The molecular formula is C21H21F3N4O3S. The standard InChI is InChI=1S/C21H21F3N4O3S/c22-21(23,24)14-31-18(15-4-2-1-3-5-15)19(30)27-8-6-26(7-9-27)13-16-12-17(29)28-10-11-32-20(28)25-16/h1-5,10-12,18H,6-9,13-14H2/t18-/m1/s1. The molecule has 1 atom stereocenters. The number of piperazine rings is 1. The first-order valence-electron chi connectivity index (χ1n) is 10.0. The fourth-order valence-electron chi connectivity index (χ4n) is 3.61. The van der Waals surface area contributed by atoms with Gasteiger partial charge in [-0.05, 0) is 5.56 Å². The molecule has 0 aliphatic carbocycles. The van der Waals surface area contributed by atoms with E-state index in [0.29, 0.717) is 48.9 Å². The van der Waals surface area contributed by atoms with Gasteiger partial charge >= 0.3 is 6.18 Å². The van der Waals surface area contributed by atoms with Crippen molar-refractivity contribution in [3.05, 3.63) is 69.6 Å². The van der Waals surface area contributed by atoms with Gasteiger partial charge in [-0.15, -0.1) is 11.3 Å². The third-order valence-corrected chi connectivity index (χ3v) is 5.92. The van der Waals surface area contributed by atoms with Crippen molar-refractivity contribution >= 4 is 22.2 Å². The summed E-state index contributed by atoms with van der Waals surface area (Å²) >= 11 is 1.38. The van der Waals surface area contributed by atoms with E-state index in [4.69, 9.17) is 4.74 Å². The van der Waals surface area contributed by atoms with Gasteiger partial charge in [0.05, 0.1) is 5.69 Å². The molecule has 1 fully saturated rings. The van der Waals surface area contributed by atoms with Crippen molar-refractivity contribution in [3.8, 4) is 0 Å². The minimum Gasteiger partial charge on any atom is -0.354 e. The molecule has 0 bridgehead atoms. The van der Waals surface area contributed by atoms with Crippen LogP contribution in [0.3, 0.4) is 0 Å². The highest BCUT2D eigenvalue weighted by Crippen LogP contribution is 2.25. The van der Waals surface area contributed by atoms with Crippen LogP contribution in [0.1, 0.15) is 17.4 Å². The number of aromatic nitrogens is 2. The Bertz CT molecular complexity index is 1120. The summed E-state index contributed by atoms with van der Waals surface area (Å²) in [5.41, 5.74) is 0.888. The summed E-state index contributed by atoms with van der Waals surface area (Å²) in [7, 11) is 0. The van der Waals surface area contributed by atoms with Crippen molar-refractivity contribution in [1.29, 1.82) is 0 Å². The predicted molar refractivity (Wildman–Crippen MR) is 112 cm³/mol. The minimum absolute atomic E-state index is 0.146. The number of carbonyl (C=O) groups excluding carboxylic acids is 1. The Morgan fingerprint density at radius 1 is 1.16 bits per heavy atom. The molecule has 3 aromatic rings. The molecule has 11 heteroatoms. The summed E-state index contributed by atoms with van der Waals surface area (Å²) in [6.07, 6.45) is -4.16. The second-order valence-electron chi connectivity index (χ2n) is 7.46. The number of hydrogen-bond acceptors (Lipinski definition) is 6. The van der Waals surface area contributed by atoms with Crippen molar-refractivity contribution < 1.29 is 22.7 Å². The number of hydrogen-bond donors (Lipinski definition) is 0. The molecule has 1 aliphatic heterocycles. The Kier molecular flexibility index (Phi) is 6.58. The zero-order chi connectivity index (χ0) is 22.7. The minimum atomic E-state index is -4.53. The highest BCUT2D eigenvalue weighted by atomic mass is 32.1. The lowest BCUT2D eigenvalue weighted by atomic mass is 10.1. The third kappa shape index (κ3) is 5.34. The van der Waals surface area contributed by atoms with Gasteiger partial charge in [0.25, 0.3) is 11.5 Å². The highest BCUT2D eigenvalue weighted by molar-refractivity contribution is 7.15. The van der Waals surface area contributed by atoms with Crippen molar-refractivity contribution in [2.75, 3.05) is 32.8 Å². The van der Waals surface area contributed by atoms with Crippen LogP contribution in [0, 0.1) is 0 Å². The number of thiazole rings is 1. The number of ether oxygens (including phenoxy) is 1. The quantitative estimate of drug-likeness (QED) is 0.559. The smallest absolute Gasteiger partial charge is 0.354 e. The highest BCUT2D eigenvalue weighted by Gasteiger charge is 2.34. The van der Waals surface area contributed by atoms with Gasteiger partial charge in [0.2, 0.25) is 0 Å². The Morgan fingerprint density at radius 3 is 2.56 bits per heavy atom. The van der Waals surface area contributed by atoms with Gasteiger partial charge in [-0.2, -0.15) is 13.2 Å². The molecule has 3 heterocycles. The zero-order valence-corrected chi connectivity index (χ0v) is 17.8. The monoisotopic (exact) mass is 466 g/mol. The first-order valence-corrected chi connectivity index (χ1v) is 10.9. The fraction of sp³-hybridized carbons (Fsp3) is 0.381. The van der Waals surface area contributed by atoms with Crippen LogP contribution in [-0.2, 0) is 16.1 Å². The lowest BCUT2D eigenvalue weighted by Gasteiger charge is -2.36. The number of benzene rings is 1. The summed E-state index contributed by atoms with van der Waals surface area (Å²) in [6.45, 7) is 0.675. The molecule has 170 valence electrons. The summed E-state index contributed by atoms with van der Waals surface area (Å²) in [5.74, 6) is -0.489. The molecule has 1 amide bonds. The fourth-order valence-corrected chi connectivity index (χ4v) is 4.34. The van der Waals surface area contributed by atoms with Crippen LogP contribution in [-0.4, -0.2) is 64.1 Å². The van der Waals surface area contributed by atoms with E-state index in [1.807, 2.05) is 0 Å².